The summed E-state index contributed by atoms with van der Waals surface area (Å²) in [6.07, 6.45) is 3.65. The fraction of sp³-hybridized carbons (Fsp3) is 0.133. The minimum absolute atomic E-state index is 0.458. The molecule has 0 aliphatic heterocycles. The third-order valence-corrected chi connectivity index (χ3v) is 3.76. The molecule has 94 valence electrons. The summed E-state index contributed by atoms with van der Waals surface area (Å²) in [6.45, 7) is 3.97. The first-order valence-electron chi connectivity index (χ1n) is 6.01. The van der Waals surface area contributed by atoms with Crippen LogP contribution in [0, 0.1) is 13.8 Å². The van der Waals surface area contributed by atoms with E-state index in [2.05, 4.69) is 21.2 Å². The molecule has 0 aliphatic carbocycles. The van der Waals surface area contributed by atoms with Gasteiger partial charge in [-0.1, -0.05) is 29.8 Å². The highest BCUT2D eigenvalue weighted by atomic mass is 35.5. The molecule has 0 atom stereocenters. The van der Waals surface area contributed by atoms with Crippen molar-refractivity contribution in [3.63, 3.8) is 0 Å². The van der Waals surface area contributed by atoms with Crippen LogP contribution in [0.15, 0.2) is 36.7 Å². The second-order valence-electron chi connectivity index (χ2n) is 4.49. The largest absolute Gasteiger partial charge is 0.264 e. The summed E-state index contributed by atoms with van der Waals surface area (Å²) >= 11 is 6.01. The van der Waals surface area contributed by atoms with Crippen LogP contribution in [0.2, 0.25) is 5.15 Å². The van der Waals surface area contributed by atoms with Crippen molar-refractivity contribution >= 4 is 22.4 Å². The minimum Gasteiger partial charge on any atom is -0.264 e. The molecule has 0 fully saturated rings. The van der Waals surface area contributed by atoms with Crippen molar-refractivity contribution in [3.8, 4) is 11.3 Å². The van der Waals surface area contributed by atoms with Crippen LogP contribution in [0.25, 0.3) is 22.0 Å². The Hall–Kier alpha value is -2.00. The molecule has 3 aromatic rings. The fourth-order valence-electron chi connectivity index (χ4n) is 2.15. The van der Waals surface area contributed by atoms with Crippen molar-refractivity contribution in [1.82, 2.24) is 15.2 Å². The summed E-state index contributed by atoms with van der Waals surface area (Å²) in [5, 5.41) is 10.9. The number of fused-ring (bicyclic) bond motifs is 1. The number of rotatable bonds is 1. The zero-order valence-electron chi connectivity index (χ0n) is 10.7. The van der Waals surface area contributed by atoms with Crippen molar-refractivity contribution in [2.45, 2.75) is 13.8 Å². The van der Waals surface area contributed by atoms with Crippen molar-refractivity contribution < 1.29 is 0 Å². The molecule has 4 heteroatoms. The van der Waals surface area contributed by atoms with Gasteiger partial charge >= 0.3 is 0 Å². The second kappa shape index (κ2) is 4.59. The molecule has 3 nitrogen and oxygen atoms in total. The number of benzene rings is 1. The van der Waals surface area contributed by atoms with E-state index in [0.717, 1.165) is 33.2 Å². The monoisotopic (exact) mass is 269 g/mol. The molecule has 0 saturated carbocycles. The quantitative estimate of drug-likeness (QED) is 0.671. The van der Waals surface area contributed by atoms with Crippen LogP contribution in [-0.2, 0) is 0 Å². The predicted octanol–water partition coefficient (Wildman–Crippen LogP) is 3.96. The number of hydrogen-bond donors (Lipinski definition) is 0. The first-order chi connectivity index (χ1) is 9.18. The van der Waals surface area contributed by atoms with E-state index >= 15 is 0 Å². The van der Waals surface area contributed by atoms with E-state index in [1.807, 2.05) is 38.2 Å². The highest BCUT2D eigenvalue weighted by Crippen LogP contribution is 2.30. The number of halogens is 1. The van der Waals surface area contributed by atoms with Crippen molar-refractivity contribution in [2.24, 2.45) is 0 Å². The summed E-state index contributed by atoms with van der Waals surface area (Å²) in [5.41, 5.74) is 3.92. The Morgan fingerprint density at radius 3 is 2.68 bits per heavy atom. The summed E-state index contributed by atoms with van der Waals surface area (Å²) in [5.74, 6) is 0. The van der Waals surface area contributed by atoms with Crippen LogP contribution < -0.4 is 0 Å². The molecular weight excluding hydrogens is 258 g/mol. The summed E-state index contributed by atoms with van der Waals surface area (Å²) < 4.78 is 0. The Bertz CT molecular complexity index is 763. The molecule has 0 aliphatic rings. The Labute approximate surface area is 116 Å². The van der Waals surface area contributed by atoms with Crippen molar-refractivity contribution in [1.29, 1.82) is 0 Å². The average Bonchev–Trinajstić information content (AvgIpc) is 2.45. The van der Waals surface area contributed by atoms with Crippen LogP contribution in [-0.4, -0.2) is 15.2 Å². The normalized spacial score (nSPS) is 10.9. The third kappa shape index (κ3) is 1.96. The Morgan fingerprint density at radius 1 is 1.00 bits per heavy atom. The predicted molar refractivity (Wildman–Crippen MR) is 77.3 cm³/mol. The fourth-order valence-corrected chi connectivity index (χ4v) is 2.33. The summed E-state index contributed by atoms with van der Waals surface area (Å²) in [6, 6.07) is 8.10. The van der Waals surface area contributed by atoms with Crippen LogP contribution in [0.4, 0.5) is 0 Å². The zero-order valence-corrected chi connectivity index (χ0v) is 11.4. The van der Waals surface area contributed by atoms with Gasteiger partial charge in [-0.15, -0.1) is 10.2 Å². The first-order valence-corrected chi connectivity index (χ1v) is 6.39. The summed E-state index contributed by atoms with van der Waals surface area (Å²) in [4.78, 5) is 4.19. The number of aromatic nitrogens is 3. The molecular formula is C15H12ClN3. The van der Waals surface area contributed by atoms with E-state index in [1.165, 1.54) is 0 Å². The van der Waals surface area contributed by atoms with Gasteiger partial charge in [0.25, 0.3) is 0 Å². The number of hydrogen-bond acceptors (Lipinski definition) is 3. The maximum Gasteiger partial charge on any atom is 0.154 e. The van der Waals surface area contributed by atoms with Crippen molar-refractivity contribution in [3.05, 3.63) is 52.9 Å². The van der Waals surface area contributed by atoms with E-state index in [-0.39, 0.29) is 0 Å². The lowest BCUT2D eigenvalue weighted by molar-refractivity contribution is 1.00. The maximum atomic E-state index is 6.01. The van der Waals surface area contributed by atoms with Gasteiger partial charge in [-0.05, 0) is 36.4 Å². The molecule has 0 spiro atoms. The second-order valence-corrected chi connectivity index (χ2v) is 4.85. The molecule has 2 aromatic heterocycles. The molecule has 19 heavy (non-hydrogen) atoms. The van der Waals surface area contributed by atoms with Gasteiger partial charge in [-0.3, -0.25) is 4.98 Å². The van der Waals surface area contributed by atoms with E-state index in [4.69, 9.17) is 11.6 Å². The molecule has 3 rings (SSSR count). The van der Waals surface area contributed by atoms with Crippen LogP contribution in [0.1, 0.15) is 11.1 Å². The SMILES string of the molecule is Cc1c(Cl)nnc(-c2cccc3ccncc23)c1C. The Kier molecular flexibility index (Phi) is 2.91. The van der Waals surface area contributed by atoms with Gasteiger partial charge < -0.3 is 0 Å². The van der Waals surface area contributed by atoms with Gasteiger partial charge in [0.2, 0.25) is 0 Å². The van der Waals surface area contributed by atoms with Crippen LogP contribution in [0.5, 0.6) is 0 Å². The van der Waals surface area contributed by atoms with Gasteiger partial charge in [0, 0.05) is 23.3 Å². The van der Waals surface area contributed by atoms with Gasteiger partial charge in [0.05, 0.1) is 5.69 Å². The highest BCUT2D eigenvalue weighted by molar-refractivity contribution is 6.30. The minimum atomic E-state index is 0.458. The standard InChI is InChI=1S/C15H12ClN3/c1-9-10(2)15(16)19-18-14(9)12-5-3-4-11-6-7-17-8-13(11)12/h3-8H,1-2H3. The number of pyridine rings is 1. The van der Waals surface area contributed by atoms with E-state index in [0.29, 0.717) is 5.15 Å². The van der Waals surface area contributed by atoms with E-state index < -0.39 is 0 Å². The smallest absolute Gasteiger partial charge is 0.154 e. The maximum absolute atomic E-state index is 6.01. The molecule has 0 unspecified atom stereocenters. The van der Waals surface area contributed by atoms with Gasteiger partial charge in [-0.2, -0.15) is 0 Å². The number of nitrogens with zero attached hydrogens (tertiary/aromatic N) is 3. The molecule has 0 amide bonds. The molecule has 0 bridgehead atoms. The summed E-state index contributed by atoms with van der Waals surface area (Å²) in [7, 11) is 0. The van der Waals surface area contributed by atoms with E-state index in [1.54, 1.807) is 6.20 Å². The molecule has 1 aromatic carbocycles. The van der Waals surface area contributed by atoms with Crippen LogP contribution >= 0.6 is 11.6 Å². The third-order valence-electron chi connectivity index (χ3n) is 3.40. The topological polar surface area (TPSA) is 38.7 Å². The van der Waals surface area contributed by atoms with E-state index in [9.17, 15) is 0 Å². The lowest BCUT2D eigenvalue weighted by Crippen LogP contribution is -1.97. The zero-order chi connectivity index (χ0) is 13.4. The van der Waals surface area contributed by atoms with Gasteiger partial charge in [0.1, 0.15) is 0 Å². The first kappa shape index (κ1) is 12.1. The highest BCUT2D eigenvalue weighted by Gasteiger charge is 2.12. The van der Waals surface area contributed by atoms with Gasteiger partial charge in [0.15, 0.2) is 5.15 Å². The van der Waals surface area contributed by atoms with Crippen LogP contribution in [0.3, 0.4) is 0 Å². The van der Waals surface area contributed by atoms with Gasteiger partial charge in [-0.25, -0.2) is 0 Å². The Balaban J connectivity index is 2.34. The Morgan fingerprint density at radius 2 is 1.84 bits per heavy atom. The van der Waals surface area contributed by atoms with Crippen molar-refractivity contribution in [2.75, 3.05) is 0 Å². The molecule has 0 N–H and O–H groups in total. The molecule has 2 heterocycles. The average molecular weight is 270 g/mol. The molecule has 0 saturated heterocycles. The lowest BCUT2D eigenvalue weighted by atomic mass is 9.99. The molecule has 0 radical (unpaired) electrons. The lowest BCUT2D eigenvalue weighted by Gasteiger charge is -2.10.